The molecule has 0 saturated carbocycles. The lowest BCUT2D eigenvalue weighted by Crippen LogP contribution is -2.13. The summed E-state index contributed by atoms with van der Waals surface area (Å²) in [5.74, 6) is 2.10. The van der Waals surface area contributed by atoms with Gasteiger partial charge in [0.2, 0.25) is 0 Å². The lowest BCUT2D eigenvalue weighted by Gasteiger charge is -2.12. The number of hydrogen-bond acceptors (Lipinski definition) is 6. The van der Waals surface area contributed by atoms with E-state index in [1.165, 1.54) is 11.8 Å². The third-order valence-electron chi connectivity index (χ3n) is 4.43. The van der Waals surface area contributed by atoms with Crippen molar-refractivity contribution in [2.75, 3.05) is 0 Å². The topological polar surface area (TPSA) is 89.6 Å². The van der Waals surface area contributed by atoms with Crippen molar-refractivity contribution in [1.82, 2.24) is 24.7 Å². The van der Waals surface area contributed by atoms with Crippen LogP contribution in [0.5, 0.6) is 0 Å². The Hall–Kier alpha value is -3.13. The smallest absolute Gasteiger partial charge is 0.258 e. The molecule has 1 unspecified atom stereocenters. The standard InChI is InChI=1S/C20H19N5O2S/c1-4-10-25-18(14-9-11-27-12(14)2)23-24-20(25)28-13(3)17-21-16-8-6-5-7-15(16)19(26)22-17/h4-9,11,13H,1,10H2,2-3H3,(H,21,22,26). The number of rotatable bonds is 6. The molecular formula is C20H19N5O2S. The zero-order valence-corrected chi connectivity index (χ0v) is 16.4. The molecule has 28 heavy (non-hydrogen) atoms. The summed E-state index contributed by atoms with van der Waals surface area (Å²) in [4.78, 5) is 19.9. The zero-order chi connectivity index (χ0) is 19.7. The van der Waals surface area contributed by atoms with Gasteiger partial charge in [0.25, 0.3) is 5.56 Å². The Morgan fingerprint density at radius 2 is 2.14 bits per heavy atom. The van der Waals surface area contributed by atoms with Crippen LogP contribution in [0.25, 0.3) is 22.3 Å². The summed E-state index contributed by atoms with van der Waals surface area (Å²) < 4.78 is 7.38. The van der Waals surface area contributed by atoms with Crippen molar-refractivity contribution < 1.29 is 4.42 Å². The number of allylic oxidation sites excluding steroid dienone is 1. The molecule has 0 spiro atoms. The molecule has 3 aromatic heterocycles. The Kier molecular flexibility index (Phi) is 4.87. The number of benzene rings is 1. The van der Waals surface area contributed by atoms with Crippen LogP contribution >= 0.6 is 11.8 Å². The molecule has 0 aliphatic carbocycles. The number of aryl methyl sites for hydroxylation is 1. The van der Waals surface area contributed by atoms with Crippen molar-refractivity contribution in [2.24, 2.45) is 0 Å². The quantitative estimate of drug-likeness (QED) is 0.391. The first-order valence-corrected chi connectivity index (χ1v) is 9.70. The first-order valence-electron chi connectivity index (χ1n) is 8.82. The summed E-state index contributed by atoms with van der Waals surface area (Å²) in [5, 5.41) is 9.87. The number of para-hydroxylation sites is 1. The summed E-state index contributed by atoms with van der Waals surface area (Å²) in [6.45, 7) is 8.26. The van der Waals surface area contributed by atoms with Gasteiger partial charge in [-0.2, -0.15) is 0 Å². The van der Waals surface area contributed by atoms with Crippen LogP contribution in [0.2, 0.25) is 0 Å². The lowest BCUT2D eigenvalue weighted by atomic mass is 10.2. The predicted octanol–water partition coefficient (Wildman–Crippen LogP) is 4.12. The maximum atomic E-state index is 12.4. The summed E-state index contributed by atoms with van der Waals surface area (Å²) >= 11 is 1.48. The van der Waals surface area contributed by atoms with E-state index in [4.69, 9.17) is 4.42 Å². The van der Waals surface area contributed by atoms with E-state index in [-0.39, 0.29) is 10.8 Å². The second-order valence-electron chi connectivity index (χ2n) is 6.32. The van der Waals surface area contributed by atoms with E-state index in [9.17, 15) is 4.79 Å². The molecule has 0 aliphatic rings. The highest BCUT2D eigenvalue weighted by molar-refractivity contribution is 7.99. The van der Waals surface area contributed by atoms with Crippen LogP contribution in [0, 0.1) is 6.92 Å². The molecule has 0 bridgehead atoms. The van der Waals surface area contributed by atoms with E-state index in [1.807, 2.05) is 42.7 Å². The molecule has 1 atom stereocenters. The van der Waals surface area contributed by atoms with E-state index in [2.05, 4.69) is 26.7 Å². The largest absolute Gasteiger partial charge is 0.469 e. The van der Waals surface area contributed by atoms with Crippen LogP contribution in [0.1, 0.15) is 23.8 Å². The van der Waals surface area contributed by atoms with Crippen LogP contribution in [-0.4, -0.2) is 24.7 Å². The molecule has 0 radical (unpaired) electrons. The second kappa shape index (κ2) is 7.47. The predicted molar refractivity (Wildman–Crippen MR) is 109 cm³/mol. The zero-order valence-electron chi connectivity index (χ0n) is 15.5. The third kappa shape index (κ3) is 3.27. The first kappa shape index (κ1) is 18.2. The van der Waals surface area contributed by atoms with Gasteiger partial charge in [0.1, 0.15) is 11.6 Å². The highest BCUT2D eigenvalue weighted by atomic mass is 32.2. The van der Waals surface area contributed by atoms with Crippen LogP contribution in [0.4, 0.5) is 0 Å². The fourth-order valence-corrected chi connectivity index (χ4v) is 3.91. The maximum Gasteiger partial charge on any atom is 0.258 e. The second-order valence-corrected chi connectivity index (χ2v) is 7.63. The molecule has 1 N–H and O–H groups in total. The minimum atomic E-state index is -0.143. The first-order chi connectivity index (χ1) is 13.6. The van der Waals surface area contributed by atoms with Crippen LogP contribution in [0.15, 0.2) is 63.6 Å². The van der Waals surface area contributed by atoms with Gasteiger partial charge in [-0.1, -0.05) is 30.0 Å². The van der Waals surface area contributed by atoms with Crippen molar-refractivity contribution in [3.05, 3.63) is 71.2 Å². The van der Waals surface area contributed by atoms with Gasteiger partial charge in [-0.05, 0) is 32.0 Å². The van der Waals surface area contributed by atoms with Crippen molar-refractivity contribution >= 4 is 22.7 Å². The molecule has 1 aromatic carbocycles. The Morgan fingerprint density at radius 3 is 2.89 bits per heavy atom. The number of furan rings is 1. The monoisotopic (exact) mass is 393 g/mol. The number of thioether (sulfide) groups is 1. The van der Waals surface area contributed by atoms with Gasteiger partial charge < -0.3 is 9.40 Å². The Labute approximate surface area is 165 Å². The number of hydrogen-bond donors (Lipinski definition) is 1. The van der Waals surface area contributed by atoms with Crippen LogP contribution in [0.3, 0.4) is 0 Å². The van der Waals surface area contributed by atoms with Gasteiger partial charge in [0, 0.05) is 6.54 Å². The van der Waals surface area contributed by atoms with Gasteiger partial charge in [0.05, 0.1) is 28.0 Å². The van der Waals surface area contributed by atoms with Gasteiger partial charge in [-0.25, -0.2) is 4.98 Å². The van der Waals surface area contributed by atoms with E-state index >= 15 is 0 Å². The Balaban J connectivity index is 1.69. The molecule has 7 nitrogen and oxygen atoms in total. The number of nitrogens with zero attached hydrogens (tertiary/aromatic N) is 4. The third-order valence-corrected chi connectivity index (χ3v) is 5.52. The van der Waals surface area contributed by atoms with Crippen molar-refractivity contribution in [3.8, 4) is 11.4 Å². The summed E-state index contributed by atoms with van der Waals surface area (Å²) in [7, 11) is 0. The maximum absolute atomic E-state index is 12.4. The van der Waals surface area contributed by atoms with Crippen molar-refractivity contribution in [1.29, 1.82) is 0 Å². The fourth-order valence-electron chi connectivity index (χ4n) is 3.00. The van der Waals surface area contributed by atoms with Crippen LogP contribution in [-0.2, 0) is 6.54 Å². The summed E-state index contributed by atoms with van der Waals surface area (Å²) in [6, 6.07) is 9.18. The summed E-state index contributed by atoms with van der Waals surface area (Å²) in [5.41, 5.74) is 1.43. The number of H-pyrrole nitrogens is 1. The average Bonchev–Trinajstić information content (AvgIpc) is 3.28. The molecular weight excluding hydrogens is 374 g/mol. The molecule has 3 heterocycles. The molecule has 4 rings (SSSR count). The molecule has 142 valence electrons. The van der Waals surface area contributed by atoms with E-state index in [0.717, 1.165) is 22.3 Å². The van der Waals surface area contributed by atoms with E-state index < -0.39 is 0 Å². The summed E-state index contributed by atoms with van der Waals surface area (Å²) in [6.07, 6.45) is 3.43. The highest BCUT2D eigenvalue weighted by Gasteiger charge is 2.20. The Bertz CT molecular complexity index is 1210. The average molecular weight is 393 g/mol. The van der Waals surface area contributed by atoms with Gasteiger partial charge in [-0.15, -0.1) is 16.8 Å². The normalized spacial score (nSPS) is 12.4. The molecule has 0 fully saturated rings. The molecule has 8 heteroatoms. The number of aromatic nitrogens is 5. The fraction of sp³-hybridized carbons (Fsp3) is 0.200. The van der Waals surface area contributed by atoms with Gasteiger partial charge >= 0.3 is 0 Å². The van der Waals surface area contributed by atoms with Crippen molar-refractivity contribution in [3.63, 3.8) is 0 Å². The molecule has 0 amide bonds. The van der Waals surface area contributed by atoms with Gasteiger partial charge in [-0.3, -0.25) is 9.36 Å². The minimum absolute atomic E-state index is 0.122. The Morgan fingerprint density at radius 1 is 1.32 bits per heavy atom. The molecule has 0 aliphatic heterocycles. The van der Waals surface area contributed by atoms with Crippen molar-refractivity contribution in [2.45, 2.75) is 30.8 Å². The number of aromatic amines is 1. The van der Waals surface area contributed by atoms with E-state index in [1.54, 1.807) is 18.4 Å². The minimum Gasteiger partial charge on any atom is -0.469 e. The molecule has 0 saturated heterocycles. The van der Waals surface area contributed by atoms with E-state index in [0.29, 0.717) is 23.3 Å². The molecule has 4 aromatic rings. The van der Waals surface area contributed by atoms with Crippen LogP contribution < -0.4 is 5.56 Å². The SMILES string of the molecule is C=CCn1c(SC(C)c2nc3ccccc3c(=O)[nH]2)nnc1-c1ccoc1C. The highest BCUT2D eigenvalue weighted by Crippen LogP contribution is 2.34. The lowest BCUT2D eigenvalue weighted by molar-refractivity contribution is 0.534. The van der Waals surface area contributed by atoms with Gasteiger partial charge in [0.15, 0.2) is 11.0 Å². The number of fused-ring (bicyclic) bond motifs is 1. The number of nitrogens with one attached hydrogen (secondary N) is 1.